The number of hydrogen-bond donors (Lipinski definition) is 1. The minimum Gasteiger partial charge on any atom is -0.495 e. The molecule has 1 N–H and O–H groups in total. The Balaban J connectivity index is 1.57. The number of nitrogens with zero attached hydrogens (tertiary/aromatic N) is 2. The highest BCUT2D eigenvalue weighted by atomic mass is 32.2. The molecule has 6 nitrogen and oxygen atoms in total. The van der Waals surface area contributed by atoms with Crippen molar-refractivity contribution in [2.75, 3.05) is 18.2 Å². The number of benzene rings is 2. The number of carbonyl (C=O) groups excluding carboxylic acids is 1. The van der Waals surface area contributed by atoms with Gasteiger partial charge in [-0.2, -0.15) is 0 Å². The number of thiophene rings is 1. The van der Waals surface area contributed by atoms with E-state index < -0.39 is 0 Å². The van der Waals surface area contributed by atoms with Crippen LogP contribution >= 0.6 is 23.1 Å². The first kappa shape index (κ1) is 22.7. The summed E-state index contributed by atoms with van der Waals surface area (Å²) in [6.45, 7) is 1.95. The number of rotatable bonds is 6. The third-order valence-electron chi connectivity index (χ3n) is 6.04. The first-order chi connectivity index (χ1) is 16.6. The van der Waals surface area contributed by atoms with E-state index in [1.54, 1.807) is 23.0 Å². The molecule has 5 rings (SSSR count). The van der Waals surface area contributed by atoms with Gasteiger partial charge in [-0.15, -0.1) is 11.3 Å². The van der Waals surface area contributed by atoms with Gasteiger partial charge in [0.15, 0.2) is 5.16 Å². The van der Waals surface area contributed by atoms with Gasteiger partial charge >= 0.3 is 0 Å². The fourth-order valence-corrected chi connectivity index (χ4v) is 6.45. The number of nitrogens with one attached hydrogen (secondary N) is 1. The number of fused-ring (bicyclic) bond motifs is 3. The summed E-state index contributed by atoms with van der Waals surface area (Å²) in [5, 5.41) is 4.15. The van der Waals surface area contributed by atoms with E-state index in [2.05, 4.69) is 5.32 Å². The number of thioether (sulfide) groups is 1. The molecule has 2 heterocycles. The van der Waals surface area contributed by atoms with Crippen LogP contribution in [0, 0.1) is 6.92 Å². The Hall–Kier alpha value is -3.10. The van der Waals surface area contributed by atoms with Gasteiger partial charge in [0.05, 0.1) is 23.9 Å². The molecular formula is C26H25N3O3S2. The monoisotopic (exact) mass is 491 g/mol. The molecule has 2 aromatic carbocycles. The molecule has 34 heavy (non-hydrogen) atoms. The van der Waals surface area contributed by atoms with E-state index in [9.17, 15) is 9.59 Å². The van der Waals surface area contributed by atoms with E-state index >= 15 is 0 Å². The maximum Gasteiger partial charge on any atom is 0.267 e. The maximum absolute atomic E-state index is 13.9. The molecule has 2 aromatic heterocycles. The van der Waals surface area contributed by atoms with Crippen LogP contribution in [0.25, 0.3) is 15.9 Å². The smallest absolute Gasteiger partial charge is 0.267 e. The van der Waals surface area contributed by atoms with Gasteiger partial charge in [-0.3, -0.25) is 14.2 Å². The zero-order valence-electron chi connectivity index (χ0n) is 19.1. The van der Waals surface area contributed by atoms with E-state index in [0.717, 1.165) is 47.3 Å². The number of anilines is 1. The lowest BCUT2D eigenvalue weighted by molar-refractivity contribution is -0.113. The molecule has 1 aliphatic carbocycles. The molecule has 0 saturated heterocycles. The molecule has 0 fully saturated rings. The van der Waals surface area contributed by atoms with E-state index in [1.165, 1.54) is 16.6 Å². The summed E-state index contributed by atoms with van der Waals surface area (Å²) in [4.78, 5) is 33.6. The van der Waals surface area contributed by atoms with Crippen molar-refractivity contribution in [2.45, 2.75) is 37.8 Å². The van der Waals surface area contributed by atoms with Gasteiger partial charge in [0.1, 0.15) is 10.6 Å². The van der Waals surface area contributed by atoms with Crippen molar-refractivity contribution < 1.29 is 9.53 Å². The van der Waals surface area contributed by atoms with Crippen LogP contribution in [0.2, 0.25) is 0 Å². The second-order valence-electron chi connectivity index (χ2n) is 8.25. The maximum atomic E-state index is 13.9. The number of ether oxygens (including phenoxy) is 1. The quantitative estimate of drug-likeness (QED) is 0.290. The molecule has 1 aliphatic rings. The van der Waals surface area contributed by atoms with Crippen LogP contribution in [-0.4, -0.2) is 28.3 Å². The third kappa shape index (κ3) is 4.23. The van der Waals surface area contributed by atoms with Gasteiger partial charge in [-0.25, -0.2) is 4.98 Å². The molecule has 174 valence electrons. The Labute approximate surface area is 206 Å². The number of carbonyl (C=O) groups is 1. The average molecular weight is 492 g/mol. The summed E-state index contributed by atoms with van der Waals surface area (Å²) in [7, 11) is 1.59. The predicted octanol–water partition coefficient (Wildman–Crippen LogP) is 5.37. The lowest BCUT2D eigenvalue weighted by Crippen LogP contribution is -2.23. The molecule has 0 spiro atoms. The van der Waals surface area contributed by atoms with Crippen molar-refractivity contribution in [2.24, 2.45) is 0 Å². The zero-order chi connectivity index (χ0) is 23.7. The first-order valence-corrected chi connectivity index (χ1v) is 13.1. The standard InChI is InChI=1S/C26H25N3O3S2/c1-16-9-3-5-11-18(16)27-22(30)15-33-26-28-24-23(17-10-4-8-14-21(17)34-24)25(31)29(26)19-12-6-7-13-20(19)32-2/h3,5-7,9,11-13H,4,8,10,14-15H2,1-2H3,(H,27,30). The van der Waals surface area contributed by atoms with E-state index in [0.29, 0.717) is 22.0 Å². The predicted molar refractivity (Wildman–Crippen MR) is 139 cm³/mol. The number of para-hydroxylation sites is 3. The molecule has 0 atom stereocenters. The normalized spacial score (nSPS) is 13.0. The number of methoxy groups -OCH3 is 1. The molecule has 0 radical (unpaired) electrons. The number of aromatic nitrogens is 2. The van der Waals surface area contributed by atoms with Crippen LogP contribution in [0.15, 0.2) is 58.5 Å². The van der Waals surface area contributed by atoms with Gasteiger partial charge in [0.2, 0.25) is 5.91 Å². The van der Waals surface area contributed by atoms with Crippen molar-refractivity contribution >= 4 is 44.9 Å². The summed E-state index contributed by atoms with van der Waals surface area (Å²) in [5.74, 6) is 0.568. The summed E-state index contributed by atoms with van der Waals surface area (Å²) >= 11 is 2.87. The third-order valence-corrected chi connectivity index (χ3v) is 8.16. The van der Waals surface area contributed by atoms with Gasteiger partial charge in [0.25, 0.3) is 5.56 Å². The molecule has 1 amide bonds. The van der Waals surface area contributed by atoms with E-state index in [4.69, 9.17) is 9.72 Å². The average Bonchev–Trinajstić information content (AvgIpc) is 3.23. The molecule has 8 heteroatoms. The second kappa shape index (κ2) is 9.64. The summed E-state index contributed by atoms with van der Waals surface area (Å²) in [5.41, 5.74) is 3.44. The fourth-order valence-electron chi connectivity index (χ4n) is 4.34. The second-order valence-corrected chi connectivity index (χ2v) is 10.3. The van der Waals surface area contributed by atoms with Crippen LogP contribution in [0.5, 0.6) is 5.75 Å². The van der Waals surface area contributed by atoms with Gasteiger partial charge in [0, 0.05) is 10.6 Å². The first-order valence-electron chi connectivity index (χ1n) is 11.3. The van der Waals surface area contributed by atoms with Gasteiger partial charge in [-0.1, -0.05) is 42.1 Å². The van der Waals surface area contributed by atoms with Crippen LogP contribution < -0.4 is 15.6 Å². The van der Waals surface area contributed by atoms with Crippen LogP contribution in [0.3, 0.4) is 0 Å². The van der Waals surface area contributed by atoms with Crippen LogP contribution in [-0.2, 0) is 17.6 Å². The van der Waals surface area contributed by atoms with Crippen molar-refractivity contribution in [3.8, 4) is 11.4 Å². The largest absolute Gasteiger partial charge is 0.495 e. The number of aryl methyl sites for hydroxylation is 3. The van der Waals surface area contributed by atoms with Gasteiger partial charge in [-0.05, 0) is 61.9 Å². The SMILES string of the molecule is COc1ccccc1-n1c(SCC(=O)Nc2ccccc2C)nc2sc3c(c2c1=O)CCCC3. The Kier molecular flexibility index (Phi) is 6.43. The molecule has 0 bridgehead atoms. The van der Waals surface area contributed by atoms with E-state index in [1.807, 2.05) is 55.5 Å². The highest BCUT2D eigenvalue weighted by molar-refractivity contribution is 7.99. The van der Waals surface area contributed by atoms with Gasteiger partial charge < -0.3 is 10.1 Å². The fraction of sp³-hybridized carbons (Fsp3) is 0.269. The number of amides is 1. The number of hydrogen-bond acceptors (Lipinski definition) is 6. The zero-order valence-corrected chi connectivity index (χ0v) is 20.7. The Morgan fingerprint density at radius 3 is 2.74 bits per heavy atom. The topological polar surface area (TPSA) is 73.2 Å². The van der Waals surface area contributed by atoms with Crippen molar-refractivity contribution in [1.29, 1.82) is 0 Å². The molecule has 4 aromatic rings. The Morgan fingerprint density at radius 1 is 1.15 bits per heavy atom. The minimum atomic E-state index is -0.148. The van der Waals surface area contributed by atoms with Crippen LogP contribution in [0.1, 0.15) is 28.8 Å². The minimum absolute atomic E-state index is 0.101. The molecule has 0 unspecified atom stereocenters. The summed E-state index contributed by atoms with van der Waals surface area (Å²) < 4.78 is 7.17. The Bertz CT molecular complexity index is 1440. The highest BCUT2D eigenvalue weighted by Gasteiger charge is 2.24. The molecular weight excluding hydrogens is 466 g/mol. The van der Waals surface area contributed by atoms with Crippen molar-refractivity contribution in [3.05, 3.63) is 74.9 Å². The van der Waals surface area contributed by atoms with Crippen LogP contribution in [0.4, 0.5) is 5.69 Å². The molecule has 0 aliphatic heterocycles. The highest BCUT2D eigenvalue weighted by Crippen LogP contribution is 2.36. The lowest BCUT2D eigenvalue weighted by Gasteiger charge is -2.16. The lowest BCUT2D eigenvalue weighted by atomic mass is 9.97. The molecule has 0 saturated carbocycles. The summed E-state index contributed by atoms with van der Waals surface area (Å²) in [6.07, 6.45) is 4.12. The van der Waals surface area contributed by atoms with Crippen molar-refractivity contribution in [1.82, 2.24) is 9.55 Å². The Morgan fingerprint density at radius 2 is 1.91 bits per heavy atom. The van der Waals surface area contributed by atoms with Crippen molar-refractivity contribution in [3.63, 3.8) is 0 Å². The van der Waals surface area contributed by atoms with E-state index in [-0.39, 0.29) is 17.2 Å². The summed E-state index contributed by atoms with van der Waals surface area (Å²) in [6, 6.07) is 15.1.